The topological polar surface area (TPSA) is 97.4 Å². The molecule has 2 rings (SSSR count). The summed E-state index contributed by atoms with van der Waals surface area (Å²) in [5, 5.41) is 2.57. The van der Waals surface area contributed by atoms with Gasteiger partial charge in [-0.3, -0.25) is 19.6 Å². The number of nitrogens with one attached hydrogen (secondary N) is 1. The van der Waals surface area contributed by atoms with Gasteiger partial charge in [0.25, 0.3) is 5.91 Å². The lowest BCUT2D eigenvalue weighted by Gasteiger charge is -2.27. The van der Waals surface area contributed by atoms with Crippen LogP contribution in [0.4, 0.5) is 0 Å². The second kappa shape index (κ2) is 4.79. The van der Waals surface area contributed by atoms with E-state index >= 15 is 0 Å². The van der Waals surface area contributed by atoms with Gasteiger partial charge in [0.2, 0.25) is 5.91 Å². The molecule has 0 fully saturated rings. The first-order valence-electron chi connectivity index (χ1n) is 5.35. The molecule has 0 saturated heterocycles. The van der Waals surface area contributed by atoms with E-state index in [1.54, 1.807) is 30.5 Å². The van der Waals surface area contributed by atoms with Crippen molar-refractivity contribution in [1.82, 2.24) is 10.3 Å². The number of allylic oxidation sites excluding steroid dienone is 1. The monoisotopic (exact) mass is 244 g/mol. The van der Waals surface area contributed by atoms with Gasteiger partial charge in [-0.05, 0) is 24.3 Å². The lowest BCUT2D eigenvalue weighted by molar-refractivity contribution is -0.122. The second-order valence-corrected chi connectivity index (χ2v) is 3.85. The van der Waals surface area contributed by atoms with Crippen LogP contribution in [0.25, 0.3) is 0 Å². The molecule has 1 aliphatic heterocycles. The van der Waals surface area contributed by atoms with Gasteiger partial charge in [-0.1, -0.05) is 6.07 Å². The van der Waals surface area contributed by atoms with Crippen LogP contribution in [0.2, 0.25) is 0 Å². The molecule has 2 heterocycles. The highest BCUT2D eigenvalue weighted by molar-refractivity contribution is 5.99. The molecule has 0 saturated carbocycles. The maximum Gasteiger partial charge on any atom is 0.271 e. The number of primary amides is 1. The zero-order chi connectivity index (χ0) is 13.0. The van der Waals surface area contributed by atoms with E-state index in [-0.39, 0.29) is 12.2 Å². The van der Waals surface area contributed by atoms with E-state index in [1.165, 1.54) is 12.3 Å². The molecule has 6 nitrogen and oxygen atoms in total. The van der Waals surface area contributed by atoms with Crippen LogP contribution in [0, 0.1) is 0 Å². The Balaban J connectivity index is 2.21. The summed E-state index contributed by atoms with van der Waals surface area (Å²) >= 11 is 0. The Morgan fingerprint density at radius 1 is 1.39 bits per heavy atom. The van der Waals surface area contributed by atoms with Gasteiger partial charge in [-0.15, -0.1) is 0 Å². The Labute approximate surface area is 104 Å². The van der Waals surface area contributed by atoms with Crippen LogP contribution in [0.1, 0.15) is 10.5 Å². The van der Waals surface area contributed by atoms with Crippen LogP contribution in [0.15, 0.2) is 41.5 Å². The van der Waals surface area contributed by atoms with Crippen molar-refractivity contribution >= 4 is 18.0 Å². The quantitative estimate of drug-likeness (QED) is 0.762. The van der Waals surface area contributed by atoms with E-state index in [0.29, 0.717) is 0 Å². The molecule has 0 radical (unpaired) electrons. The maximum atomic E-state index is 12.0. The Hall–Kier alpha value is -2.50. The van der Waals surface area contributed by atoms with E-state index in [4.69, 9.17) is 5.73 Å². The van der Waals surface area contributed by atoms with E-state index < -0.39 is 17.4 Å². The zero-order valence-corrected chi connectivity index (χ0v) is 9.54. The number of pyridine rings is 1. The minimum Gasteiger partial charge on any atom is -0.367 e. The highest BCUT2D eigenvalue weighted by atomic mass is 16.2. The van der Waals surface area contributed by atoms with Gasteiger partial charge in [0, 0.05) is 12.4 Å². The lowest BCUT2D eigenvalue weighted by Crippen LogP contribution is -2.59. The van der Waals surface area contributed by atoms with Gasteiger partial charge in [0.05, 0.1) is 6.54 Å². The van der Waals surface area contributed by atoms with Gasteiger partial charge in [0.1, 0.15) is 5.69 Å². The predicted molar refractivity (Wildman–Crippen MR) is 66.1 cm³/mol. The summed E-state index contributed by atoms with van der Waals surface area (Å²) < 4.78 is 0. The third-order valence-electron chi connectivity index (χ3n) is 2.59. The van der Waals surface area contributed by atoms with Crippen molar-refractivity contribution in [3.8, 4) is 0 Å². The number of aliphatic imine (C=N–C) groups is 1. The highest BCUT2D eigenvalue weighted by Gasteiger charge is 2.36. The van der Waals surface area contributed by atoms with Gasteiger partial charge < -0.3 is 11.1 Å². The van der Waals surface area contributed by atoms with Gasteiger partial charge in [-0.2, -0.15) is 0 Å². The van der Waals surface area contributed by atoms with Gasteiger partial charge >= 0.3 is 0 Å². The molecule has 3 N–H and O–H groups in total. The van der Waals surface area contributed by atoms with Crippen molar-refractivity contribution in [2.45, 2.75) is 5.54 Å². The molecule has 0 bridgehead atoms. The number of rotatable bonds is 3. The molecular weight excluding hydrogens is 232 g/mol. The van der Waals surface area contributed by atoms with Crippen molar-refractivity contribution in [3.63, 3.8) is 0 Å². The van der Waals surface area contributed by atoms with Crippen molar-refractivity contribution in [1.29, 1.82) is 0 Å². The van der Waals surface area contributed by atoms with Crippen LogP contribution in [0.3, 0.4) is 0 Å². The number of nitrogens with zero attached hydrogens (tertiary/aromatic N) is 2. The molecule has 0 aliphatic carbocycles. The summed E-state index contributed by atoms with van der Waals surface area (Å²) in [7, 11) is 0. The summed E-state index contributed by atoms with van der Waals surface area (Å²) in [6, 6.07) is 4.94. The SMILES string of the molecule is NC(=O)C1(NC(=O)c2ccccn2)C=CC=NC1. The van der Waals surface area contributed by atoms with Crippen LogP contribution in [-0.2, 0) is 4.79 Å². The van der Waals surface area contributed by atoms with E-state index in [9.17, 15) is 9.59 Å². The number of amides is 2. The molecule has 0 spiro atoms. The molecule has 92 valence electrons. The molecule has 1 aliphatic rings. The second-order valence-electron chi connectivity index (χ2n) is 3.85. The van der Waals surface area contributed by atoms with Crippen LogP contribution >= 0.6 is 0 Å². The van der Waals surface area contributed by atoms with E-state index in [1.807, 2.05) is 0 Å². The third-order valence-corrected chi connectivity index (χ3v) is 2.59. The summed E-state index contributed by atoms with van der Waals surface area (Å²) in [5.41, 5.74) is 4.28. The number of hydrogen-bond donors (Lipinski definition) is 2. The molecular formula is C12H12N4O2. The Bertz CT molecular complexity index is 524. The first kappa shape index (κ1) is 12.0. The largest absolute Gasteiger partial charge is 0.367 e. The highest BCUT2D eigenvalue weighted by Crippen LogP contribution is 2.11. The van der Waals surface area contributed by atoms with E-state index in [0.717, 1.165) is 0 Å². The average Bonchev–Trinajstić information content (AvgIpc) is 2.40. The lowest BCUT2D eigenvalue weighted by atomic mass is 9.96. The Kier molecular flexibility index (Phi) is 3.18. The minimum atomic E-state index is -1.27. The molecule has 1 unspecified atom stereocenters. The zero-order valence-electron chi connectivity index (χ0n) is 9.54. The number of hydrogen-bond acceptors (Lipinski definition) is 4. The fourth-order valence-electron chi connectivity index (χ4n) is 1.58. The van der Waals surface area contributed by atoms with Crippen molar-refractivity contribution in [2.75, 3.05) is 6.54 Å². The maximum absolute atomic E-state index is 12.0. The molecule has 1 atom stereocenters. The summed E-state index contributed by atoms with van der Waals surface area (Å²) in [4.78, 5) is 31.3. The number of carbonyl (C=O) groups excluding carboxylic acids is 2. The van der Waals surface area contributed by atoms with E-state index in [2.05, 4.69) is 15.3 Å². The molecule has 1 aromatic heterocycles. The molecule has 18 heavy (non-hydrogen) atoms. The number of dihydropyridines is 1. The number of aromatic nitrogens is 1. The fourth-order valence-corrected chi connectivity index (χ4v) is 1.58. The minimum absolute atomic E-state index is 0.0946. The predicted octanol–water partition coefficient (Wildman–Crippen LogP) is -0.324. The third kappa shape index (κ3) is 2.27. The first-order chi connectivity index (χ1) is 8.64. The molecule has 1 aromatic rings. The summed E-state index contributed by atoms with van der Waals surface area (Å²) in [6.45, 7) is 0.0946. The van der Waals surface area contributed by atoms with Crippen molar-refractivity contribution < 1.29 is 9.59 Å². The smallest absolute Gasteiger partial charge is 0.271 e. The normalized spacial score (nSPS) is 21.6. The van der Waals surface area contributed by atoms with Crippen molar-refractivity contribution in [2.24, 2.45) is 10.7 Å². The van der Waals surface area contributed by atoms with Crippen LogP contribution in [0.5, 0.6) is 0 Å². The van der Waals surface area contributed by atoms with Crippen molar-refractivity contribution in [3.05, 3.63) is 42.2 Å². The fraction of sp³-hybridized carbons (Fsp3) is 0.167. The van der Waals surface area contributed by atoms with Crippen LogP contribution in [-0.4, -0.2) is 35.1 Å². The first-order valence-corrected chi connectivity index (χ1v) is 5.35. The Morgan fingerprint density at radius 3 is 2.78 bits per heavy atom. The summed E-state index contributed by atoms with van der Waals surface area (Å²) in [5.74, 6) is -1.11. The number of carbonyl (C=O) groups is 2. The summed E-state index contributed by atoms with van der Waals surface area (Å²) in [6.07, 6.45) is 6.16. The average molecular weight is 244 g/mol. The number of nitrogens with two attached hydrogens (primary N) is 1. The van der Waals surface area contributed by atoms with Crippen LogP contribution < -0.4 is 11.1 Å². The molecule has 0 aromatic carbocycles. The molecule has 2 amide bonds. The van der Waals surface area contributed by atoms with Gasteiger partial charge in [-0.25, -0.2) is 0 Å². The molecule has 6 heteroatoms. The standard InChI is InChI=1S/C12H12N4O2/c13-11(18)12(5-3-6-14-8-12)16-10(17)9-4-1-2-7-15-9/h1-7H,8H2,(H2,13,18)(H,16,17). The Morgan fingerprint density at radius 2 is 2.22 bits per heavy atom. The van der Waals surface area contributed by atoms with Gasteiger partial charge in [0.15, 0.2) is 5.54 Å².